The molecule has 0 aliphatic carbocycles. The number of amides is 1. The molecule has 0 radical (unpaired) electrons. The monoisotopic (exact) mass is 439 g/mol. The number of carbonyl (C=O) groups excluding carboxylic acids is 1. The summed E-state index contributed by atoms with van der Waals surface area (Å²) in [6.45, 7) is 1.22. The quantitative estimate of drug-likeness (QED) is 0.609. The van der Waals surface area contributed by atoms with Crippen LogP contribution in [0.25, 0.3) is 16.6 Å². The molecule has 1 amide bonds. The molecule has 2 aromatic carbocycles. The van der Waals surface area contributed by atoms with E-state index in [1.165, 1.54) is 21.1 Å². The van der Waals surface area contributed by atoms with Crippen molar-refractivity contribution in [3.05, 3.63) is 82.7 Å². The van der Waals surface area contributed by atoms with Gasteiger partial charge in [-0.2, -0.15) is 4.31 Å². The predicted molar refractivity (Wildman–Crippen MR) is 119 cm³/mol. The van der Waals surface area contributed by atoms with Crippen LogP contribution in [0.2, 0.25) is 0 Å². The number of aromatic nitrogens is 1. The van der Waals surface area contributed by atoms with Crippen molar-refractivity contribution in [3.63, 3.8) is 0 Å². The van der Waals surface area contributed by atoms with E-state index in [4.69, 9.17) is 0 Å². The molecule has 4 rings (SSSR count). The van der Waals surface area contributed by atoms with Gasteiger partial charge in [0.05, 0.1) is 0 Å². The van der Waals surface area contributed by atoms with Gasteiger partial charge in [0.1, 0.15) is 10.7 Å². The molecular weight excluding hydrogens is 418 g/mol. The van der Waals surface area contributed by atoms with Gasteiger partial charge < -0.3 is 4.90 Å². The van der Waals surface area contributed by atoms with Crippen molar-refractivity contribution in [2.75, 3.05) is 26.2 Å². The third kappa shape index (κ3) is 4.67. The fourth-order valence-corrected chi connectivity index (χ4v) is 5.18. The Morgan fingerprint density at radius 3 is 2.23 bits per heavy atom. The number of hydrogen-bond acceptors (Lipinski definition) is 5. The maximum absolute atomic E-state index is 12.8. The zero-order valence-corrected chi connectivity index (χ0v) is 17.8. The average Bonchev–Trinajstić information content (AvgIpc) is 3.29. The lowest BCUT2D eigenvalue weighted by Gasteiger charge is -2.33. The third-order valence-corrected chi connectivity index (χ3v) is 7.32. The first-order valence-corrected chi connectivity index (χ1v) is 11.9. The van der Waals surface area contributed by atoms with E-state index in [9.17, 15) is 13.2 Å². The smallest absolute Gasteiger partial charge is 0.273 e. The number of sulfonamides is 1. The molecule has 1 saturated heterocycles. The van der Waals surface area contributed by atoms with Crippen molar-refractivity contribution in [2.24, 2.45) is 0 Å². The second-order valence-electron chi connectivity index (χ2n) is 6.85. The standard InChI is InChI=1S/C22H21N3O3S2/c26-22(20-17-29-21(23-20)19-9-5-2-6-10-19)24-12-14-25(15-13-24)30(27,28)16-11-18-7-3-1-4-8-18/h1-11,16-17H,12-15H2/b16-11+. The van der Waals surface area contributed by atoms with Crippen LogP contribution in [-0.4, -0.2) is 54.7 Å². The van der Waals surface area contributed by atoms with Crippen molar-refractivity contribution >= 4 is 33.3 Å². The molecule has 0 unspecified atom stereocenters. The van der Waals surface area contributed by atoms with Crippen LogP contribution in [0.15, 0.2) is 71.5 Å². The molecule has 0 saturated carbocycles. The Kier molecular flexibility index (Phi) is 6.08. The molecule has 1 aromatic heterocycles. The maximum Gasteiger partial charge on any atom is 0.273 e. The first kappa shape index (κ1) is 20.5. The SMILES string of the molecule is O=C(c1csc(-c2ccccc2)n1)N1CCN(S(=O)(=O)/C=C/c2ccccc2)CC1. The molecule has 0 spiro atoms. The van der Waals surface area contributed by atoms with Crippen LogP contribution in [0.4, 0.5) is 0 Å². The fraction of sp³-hybridized carbons (Fsp3) is 0.182. The van der Waals surface area contributed by atoms with Gasteiger partial charge in [-0.15, -0.1) is 11.3 Å². The second-order valence-corrected chi connectivity index (χ2v) is 9.53. The van der Waals surface area contributed by atoms with E-state index in [0.29, 0.717) is 18.8 Å². The second kappa shape index (κ2) is 8.91. The predicted octanol–water partition coefficient (Wildman–Crippen LogP) is 3.57. The molecule has 3 aromatic rings. The maximum atomic E-state index is 12.8. The van der Waals surface area contributed by atoms with Crippen molar-refractivity contribution in [2.45, 2.75) is 0 Å². The highest BCUT2D eigenvalue weighted by molar-refractivity contribution is 7.92. The molecule has 8 heteroatoms. The summed E-state index contributed by atoms with van der Waals surface area (Å²) < 4.78 is 26.6. The van der Waals surface area contributed by atoms with Crippen molar-refractivity contribution in [3.8, 4) is 10.6 Å². The van der Waals surface area contributed by atoms with Crippen LogP contribution in [0.5, 0.6) is 0 Å². The van der Waals surface area contributed by atoms with Gasteiger partial charge in [0.25, 0.3) is 5.91 Å². The molecule has 30 heavy (non-hydrogen) atoms. The normalized spacial score (nSPS) is 15.5. The number of benzene rings is 2. The topological polar surface area (TPSA) is 70.6 Å². The number of rotatable bonds is 5. The van der Waals surface area contributed by atoms with E-state index in [1.807, 2.05) is 60.7 Å². The molecule has 154 valence electrons. The van der Waals surface area contributed by atoms with Crippen molar-refractivity contribution < 1.29 is 13.2 Å². The highest BCUT2D eigenvalue weighted by Gasteiger charge is 2.28. The lowest BCUT2D eigenvalue weighted by molar-refractivity contribution is 0.0693. The number of carbonyl (C=O) groups is 1. The Morgan fingerprint density at radius 2 is 1.57 bits per heavy atom. The molecule has 1 aliphatic rings. The van der Waals surface area contributed by atoms with E-state index in [2.05, 4.69) is 4.98 Å². The Morgan fingerprint density at radius 1 is 0.933 bits per heavy atom. The van der Waals surface area contributed by atoms with Gasteiger partial charge in [0.15, 0.2) is 0 Å². The first-order valence-electron chi connectivity index (χ1n) is 9.56. The summed E-state index contributed by atoms with van der Waals surface area (Å²) in [6.07, 6.45) is 1.59. The van der Waals surface area contributed by atoms with Gasteiger partial charge in [-0.25, -0.2) is 13.4 Å². The van der Waals surface area contributed by atoms with Gasteiger partial charge in [0.2, 0.25) is 10.0 Å². The fourth-order valence-electron chi connectivity index (χ4n) is 3.21. The molecule has 6 nitrogen and oxygen atoms in total. The Balaban J connectivity index is 1.38. The van der Waals surface area contributed by atoms with Crippen LogP contribution in [0, 0.1) is 0 Å². The lowest BCUT2D eigenvalue weighted by Crippen LogP contribution is -2.50. The summed E-state index contributed by atoms with van der Waals surface area (Å²) >= 11 is 1.43. The molecule has 2 heterocycles. The van der Waals surface area contributed by atoms with Crippen LogP contribution in [0.3, 0.4) is 0 Å². The Labute approximate surface area is 180 Å². The number of piperazine rings is 1. The van der Waals surface area contributed by atoms with E-state index in [-0.39, 0.29) is 19.0 Å². The van der Waals surface area contributed by atoms with Crippen LogP contribution >= 0.6 is 11.3 Å². The van der Waals surface area contributed by atoms with Crippen LogP contribution in [-0.2, 0) is 10.0 Å². The number of thiazole rings is 1. The minimum Gasteiger partial charge on any atom is -0.335 e. The summed E-state index contributed by atoms with van der Waals surface area (Å²) in [5, 5.41) is 3.79. The third-order valence-electron chi connectivity index (χ3n) is 4.86. The van der Waals surface area contributed by atoms with E-state index < -0.39 is 10.0 Å². The molecule has 1 fully saturated rings. The Hall–Kier alpha value is -2.81. The number of nitrogens with zero attached hydrogens (tertiary/aromatic N) is 3. The first-order chi connectivity index (χ1) is 14.5. The molecule has 0 N–H and O–H groups in total. The van der Waals surface area contributed by atoms with Crippen molar-refractivity contribution in [1.82, 2.24) is 14.2 Å². The molecule has 0 atom stereocenters. The molecule has 1 aliphatic heterocycles. The summed E-state index contributed by atoms with van der Waals surface area (Å²) in [4.78, 5) is 18.9. The van der Waals surface area contributed by atoms with E-state index >= 15 is 0 Å². The highest BCUT2D eigenvalue weighted by Crippen LogP contribution is 2.24. The average molecular weight is 440 g/mol. The van der Waals surface area contributed by atoms with Gasteiger partial charge in [-0.05, 0) is 11.6 Å². The minimum absolute atomic E-state index is 0.162. The van der Waals surface area contributed by atoms with Gasteiger partial charge in [-0.1, -0.05) is 60.7 Å². The zero-order valence-electron chi connectivity index (χ0n) is 16.2. The largest absolute Gasteiger partial charge is 0.335 e. The minimum atomic E-state index is -3.53. The number of hydrogen-bond donors (Lipinski definition) is 0. The van der Waals surface area contributed by atoms with E-state index in [0.717, 1.165) is 16.1 Å². The zero-order chi connectivity index (χ0) is 21.0. The Bertz CT molecular complexity index is 1130. The summed E-state index contributed by atoms with van der Waals surface area (Å²) in [5.41, 5.74) is 2.20. The van der Waals surface area contributed by atoms with Crippen molar-refractivity contribution in [1.29, 1.82) is 0 Å². The van der Waals surface area contributed by atoms with E-state index in [1.54, 1.807) is 16.4 Å². The van der Waals surface area contributed by atoms with Gasteiger partial charge in [-0.3, -0.25) is 4.79 Å². The van der Waals surface area contributed by atoms with Gasteiger partial charge >= 0.3 is 0 Å². The summed E-state index contributed by atoms with van der Waals surface area (Å²) in [5.74, 6) is -0.162. The van der Waals surface area contributed by atoms with Crippen LogP contribution in [0.1, 0.15) is 16.1 Å². The summed E-state index contributed by atoms with van der Waals surface area (Å²) in [7, 11) is -3.53. The molecule has 0 bridgehead atoms. The van der Waals surface area contributed by atoms with Gasteiger partial charge in [0, 0.05) is 42.5 Å². The lowest BCUT2D eigenvalue weighted by atomic mass is 10.2. The highest BCUT2D eigenvalue weighted by atomic mass is 32.2. The van der Waals surface area contributed by atoms with Crippen LogP contribution < -0.4 is 0 Å². The molecular formula is C22H21N3O3S2. The summed E-state index contributed by atoms with van der Waals surface area (Å²) in [6, 6.07) is 19.0.